The maximum absolute atomic E-state index is 13.8. The number of carboxylic acids is 1. The number of likely N-dealkylation sites (N-methyl/N-ethyl adjacent to an activating group) is 1. The van der Waals surface area contributed by atoms with E-state index < -0.39 is 11.4 Å². The maximum atomic E-state index is 13.8. The van der Waals surface area contributed by atoms with Gasteiger partial charge in [-0.3, -0.25) is 19.3 Å². The molecule has 2 heterocycles. The van der Waals surface area contributed by atoms with Crippen LogP contribution in [-0.2, 0) is 27.2 Å². The summed E-state index contributed by atoms with van der Waals surface area (Å²) in [7, 11) is 5.20. The van der Waals surface area contributed by atoms with Crippen molar-refractivity contribution in [1.82, 2.24) is 14.8 Å². The van der Waals surface area contributed by atoms with E-state index in [1.807, 2.05) is 31.3 Å². The molecule has 3 aromatic rings. The van der Waals surface area contributed by atoms with E-state index >= 15 is 0 Å². The topological polar surface area (TPSA) is 113 Å². The van der Waals surface area contributed by atoms with Crippen molar-refractivity contribution < 1.29 is 29.0 Å². The summed E-state index contributed by atoms with van der Waals surface area (Å²) in [6.07, 6.45) is 0.482. The van der Waals surface area contributed by atoms with Crippen molar-refractivity contribution in [2.75, 3.05) is 58.9 Å². The Balaban J connectivity index is 1.36. The number of hydrogen-bond acceptors (Lipinski definition) is 8. The summed E-state index contributed by atoms with van der Waals surface area (Å²) in [5.41, 5.74) is 1.53. The normalized spacial score (nSPS) is 16.6. The highest BCUT2D eigenvalue weighted by Crippen LogP contribution is 2.43. The average molecular weight is 553 g/mol. The van der Waals surface area contributed by atoms with Crippen molar-refractivity contribution in [3.05, 3.63) is 47.5 Å². The third kappa shape index (κ3) is 5.41. The monoisotopic (exact) mass is 552 g/mol. The van der Waals surface area contributed by atoms with Crippen molar-refractivity contribution >= 4 is 44.5 Å². The van der Waals surface area contributed by atoms with Crippen LogP contribution in [0, 0.1) is 5.41 Å². The number of rotatable bonds is 8. The lowest BCUT2D eigenvalue weighted by Gasteiger charge is -2.32. The number of ether oxygens (including phenoxy) is 2. The minimum absolute atomic E-state index is 0.0872. The third-order valence-electron chi connectivity index (χ3n) is 7.58. The van der Waals surface area contributed by atoms with E-state index in [-0.39, 0.29) is 24.8 Å². The lowest BCUT2D eigenvalue weighted by Crippen LogP contribution is -2.48. The molecule has 1 N–H and O–H groups in total. The molecule has 2 aromatic carbocycles. The SMILES string of the molecule is COc1cc2sc(N(C)C(=O)C3(CC(=O)O)Cc4ccccc4C3)nc2cc1OCC(=O)N1CCN(C)CC1. The van der Waals surface area contributed by atoms with Gasteiger partial charge in [-0.15, -0.1) is 0 Å². The fraction of sp³-hybridized carbons (Fsp3) is 0.429. The Hall–Kier alpha value is -3.70. The summed E-state index contributed by atoms with van der Waals surface area (Å²) in [5.74, 6) is -0.512. The number of carbonyl (C=O) groups excluding carboxylic acids is 2. The van der Waals surface area contributed by atoms with Crippen molar-refractivity contribution in [3.63, 3.8) is 0 Å². The predicted molar refractivity (Wildman–Crippen MR) is 148 cm³/mol. The third-order valence-corrected chi connectivity index (χ3v) is 8.68. The first kappa shape index (κ1) is 26.9. The number of piperazine rings is 1. The van der Waals surface area contributed by atoms with Crippen LogP contribution < -0.4 is 14.4 Å². The van der Waals surface area contributed by atoms with Crippen LogP contribution in [0.3, 0.4) is 0 Å². The highest BCUT2D eigenvalue weighted by atomic mass is 32.1. The first-order valence-electron chi connectivity index (χ1n) is 12.8. The van der Waals surface area contributed by atoms with Gasteiger partial charge in [0.05, 0.1) is 29.2 Å². The van der Waals surface area contributed by atoms with E-state index in [2.05, 4.69) is 9.88 Å². The van der Waals surface area contributed by atoms with Crippen LogP contribution in [0.15, 0.2) is 36.4 Å². The number of methoxy groups -OCH3 is 1. The second-order valence-electron chi connectivity index (χ2n) is 10.3. The van der Waals surface area contributed by atoms with Crippen LogP contribution in [-0.4, -0.2) is 91.7 Å². The molecule has 1 saturated heterocycles. The molecule has 39 heavy (non-hydrogen) atoms. The molecule has 0 radical (unpaired) electrons. The summed E-state index contributed by atoms with van der Waals surface area (Å²) >= 11 is 1.31. The van der Waals surface area contributed by atoms with E-state index in [0.29, 0.717) is 48.1 Å². The molecule has 0 spiro atoms. The molecule has 1 aromatic heterocycles. The second kappa shape index (κ2) is 10.8. The zero-order valence-corrected chi connectivity index (χ0v) is 23.1. The molecular weight excluding hydrogens is 520 g/mol. The number of hydrogen-bond donors (Lipinski definition) is 1. The van der Waals surface area contributed by atoms with Crippen LogP contribution in [0.1, 0.15) is 17.5 Å². The van der Waals surface area contributed by atoms with Gasteiger partial charge in [0.15, 0.2) is 23.2 Å². The number of benzene rings is 2. The number of nitrogens with zero attached hydrogens (tertiary/aromatic N) is 4. The molecule has 0 unspecified atom stereocenters. The van der Waals surface area contributed by atoms with Gasteiger partial charge in [0.25, 0.3) is 5.91 Å². The molecule has 11 heteroatoms. The average Bonchev–Trinajstić information content (AvgIpc) is 3.51. The summed E-state index contributed by atoms with van der Waals surface area (Å²) in [5, 5.41) is 10.1. The van der Waals surface area contributed by atoms with Gasteiger partial charge in [0.2, 0.25) is 5.91 Å². The molecule has 206 valence electrons. The zero-order chi connectivity index (χ0) is 27.7. The van der Waals surface area contributed by atoms with Crippen molar-refractivity contribution in [2.24, 2.45) is 5.41 Å². The largest absolute Gasteiger partial charge is 0.493 e. The standard InChI is InChI=1S/C28H32N4O6S/c1-30-8-10-32(11-9-30)24(33)17-38-22-12-20-23(13-21(22)37-3)39-27(29-20)31(2)26(36)28(16-25(34)35)14-18-6-4-5-7-19(18)15-28/h4-7,12-13H,8-11,14-17H2,1-3H3,(H,34,35). The Bertz CT molecular complexity index is 1390. The van der Waals surface area contributed by atoms with Gasteiger partial charge in [-0.1, -0.05) is 35.6 Å². The van der Waals surface area contributed by atoms with E-state index in [4.69, 9.17) is 9.47 Å². The van der Waals surface area contributed by atoms with Gasteiger partial charge in [-0.25, -0.2) is 4.98 Å². The number of amides is 2. The predicted octanol–water partition coefficient (Wildman–Crippen LogP) is 2.68. The van der Waals surface area contributed by atoms with Gasteiger partial charge in [0.1, 0.15) is 0 Å². The number of aliphatic carboxylic acids is 1. The second-order valence-corrected chi connectivity index (χ2v) is 11.3. The molecule has 5 rings (SSSR count). The molecule has 2 aliphatic rings. The van der Waals surface area contributed by atoms with Crippen molar-refractivity contribution in [2.45, 2.75) is 19.3 Å². The summed E-state index contributed by atoms with van der Waals surface area (Å²) in [6, 6.07) is 11.2. The lowest BCUT2D eigenvalue weighted by molar-refractivity contribution is -0.144. The summed E-state index contributed by atoms with van der Waals surface area (Å²) in [6.45, 7) is 2.88. The Labute approximate surface area is 230 Å². The molecule has 0 saturated carbocycles. The molecule has 0 atom stereocenters. The molecule has 10 nitrogen and oxygen atoms in total. The minimum Gasteiger partial charge on any atom is -0.493 e. The van der Waals surface area contributed by atoms with Gasteiger partial charge in [-0.2, -0.15) is 0 Å². The van der Waals surface area contributed by atoms with Crippen LogP contribution in [0.4, 0.5) is 5.13 Å². The van der Waals surface area contributed by atoms with Gasteiger partial charge < -0.3 is 24.4 Å². The summed E-state index contributed by atoms with van der Waals surface area (Å²) in [4.78, 5) is 48.4. The minimum atomic E-state index is -1.07. The quantitative estimate of drug-likeness (QED) is 0.454. The fourth-order valence-corrected chi connectivity index (χ4v) is 6.34. The maximum Gasteiger partial charge on any atom is 0.304 e. The molecule has 0 bridgehead atoms. The van der Waals surface area contributed by atoms with E-state index in [0.717, 1.165) is 28.9 Å². The molecular formula is C28H32N4O6S. The van der Waals surface area contributed by atoms with Crippen LogP contribution >= 0.6 is 11.3 Å². The zero-order valence-electron chi connectivity index (χ0n) is 22.3. The van der Waals surface area contributed by atoms with E-state index in [1.165, 1.54) is 23.3 Å². The Morgan fingerprint density at radius 3 is 2.36 bits per heavy atom. The highest BCUT2D eigenvalue weighted by Gasteiger charge is 2.47. The Morgan fingerprint density at radius 1 is 1.08 bits per heavy atom. The van der Waals surface area contributed by atoms with Gasteiger partial charge >= 0.3 is 5.97 Å². The first-order valence-corrected chi connectivity index (χ1v) is 13.7. The van der Waals surface area contributed by atoms with Crippen molar-refractivity contribution in [1.29, 1.82) is 0 Å². The van der Waals surface area contributed by atoms with Crippen molar-refractivity contribution in [3.8, 4) is 11.5 Å². The molecule has 2 amide bonds. The number of thiazole rings is 1. The smallest absolute Gasteiger partial charge is 0.304 e. The fourth-order valence-electron chi connectivity index (χ4n) is 5.40. The van der Waals surface area contributed by atoms with Gasteiger partial charge in [0, 0.05) is 45.4 Å². The molecule has 1 fully saturated rings. The number of anilines is 1. The number of carbonyl (C=O) groups is 3. The van der Waals surface area contributed by atoms with Crippen LogP contribution in [0.25, 0.3) is 10.2 Å². The Kier molecular flexibility index (Phi) is 7.46. The lowest BCUT2D eigenvalue weighted by atomic mass is 9.80. The highest BCUT2D eigenvalue weighted by molar-refractivity contribution is 7.22. The van der Waals surface area contributed by atoms with E-state index in [1.54, 1.807) is 24.1 Å². The number of carboxylic acid groups (broad SMARTS) is 1. The van der Waals surface area contributed by atoms with Gasteiger partial charge in [-0.05, 0) is 31.0 Å². The molecule has 1 aliphatic carbocycles. The summed E-state index contributed by atoms with van der Waals surface area (Å²) < 4.78 is 12.2. The van der Waals surface area contributed by atoms with E-state index in [9.17, 15) is 19.5 Å². The first-order chi connectivity index (χ1) is 18.7. The number of aromatic nitrogens is 1. The number of fused-ring (bicyclic) bond motifs is 2. The Morgan fingerprint density at radius 2 is 1.74 bits per heavy atom. The van der Waals surface area contributed by atoms with Crippen LogP contribution in [0.2, 0.25) is 0 Å². The van der Waals surface area contributed by atoms with Crippen LogP contribution in [0.5, 0.6) is 11.5 Å². The molecule has 1 aliphatic heterocycles.